The van der Waals surface area contributed by atoms with Gasteiger partial charge >= 0.3 is 6.09 Å². The molecule has 10 heteroatoms. The van der Waals surface area contributed by atoms with E-state index >= 15 is 0 Å². The topological polar surface area (TPSA) is 107 Å². The summed E-state index contributed by atoms with van der Waals surface area (Å²) in [6.45, 7) is -1.23. The fourth-order valence-electron chi connectivity index (χ4n) is 2.36. The standard InChI is InChI=1S/C10H16F2N2O5S/c11-10(12)7(13-20(18,19)6-1-2-6)5-14(9(16)17)8(10)3-4-15/h6-8,13,15H,1-5H2,(H,16,17)/t7-,8-/m1/s1. The maximum Gasteiger partial charge on any atom is 0.407 e. The lowest BCUT2D eigenvalue weighted by Crippen LogP contribution is -2.50. The van der Waals surface area contributed by atoms with Gasteiger partial charge in [0.25, 0.3) is 5.92 Å². The predicted octanol–water partition coefficient (Wildman–Crippen LogP) is -0.183. The van der Waals surface area contributed by atoms with Crippen LogP contribution in [0.1, 0.15) is 19.3 Å². The zero-order chi connectivity index (χ0) is 15.1. The average molecular weight is 314 g/mol. The number of alkyl halides is 2. The Morgan fingerprint density at radius 3 is 2.45 bits per heavy atom. The molecule has 7 nitrogen and oxygen atoms in total. The lowest BCUT2D eigenvalue weighted by Gasteiger charge is -2.25. The Bertz CT molecular complexity index is 494. The van der Waals surface area contributed by atoms with Gasteiger partial charge in [0.1, 0.15) is 12.1 Å². The van der Waals surface area contributed by atoms with E-state index in [1.54, 1.807) is 0 Å². The van der Waals surface area contributed by atoms with E-state index in [2.05, 4.69) is 0 Å². The van der Waals surface area contributed by atoms with E-state index < -0.39 is 58.9 Å². The van der Waals surface area contributed by atoms with Crippen LogP contribution in [-0.2, 0) is 10.0 Å². The van der Waals surface area contributed by atoms with Crippen molar-refractivity contribution in [2.24, 2.45) is 0 Å². The molecule has 2 fully saturated rings. The zero-order valence-electron chi connectivity index (χ0n) is 10.5. The first kappa shape index (κ1) is 15.4. The average Bonchev–Trinajstić information content (AvgIpc) is 3.12. The van der Waals surface area contributed by atoms with Gasteiger partial charge in [0, 0.05) is 13.2 Å². The van der Waals surface area contributed by atoms with Crippen LogP contribution in [0.3, 0.4) is 0 Å². The first-order valence-electron chi connectivity index (χ1n) is 6.19. The van der Waals surface area contributed by atoms with Gasteiger partial charge in [0.05, 0.1) is 5.25 Å². The van der Waals surface area contributed by atoms with Crippen LogP contribution in [0, 0.1) is 0 Å². The highest BCUT2D eigenvalue weighted by atomic mass is 32.2. The minimum atomic E-state index is -3.84. The number of nitrogens with one attached hydrogen (secondary N) is 1. The Balaban J connectivity index is 2.19. The summed E-state index contributed by atoms with van der Waals surface area (Å²) in [4.78, 5) is 11.4. The number of nitrogens with zero attached hydrogens (tertiary/aromatic N) is 1. The van der Waals surface area contributed by atoms with Crippen molar-refractivity contribution in [3.8, 4) is 0 Å². The number of aliphatic hydroxyl groups excluding tert-OH is 1. The number of carbonyl (C=O) groups is 1. The van der Waals surface area contributed by atoms with E-state index in [9.17, 15) is 22.0 Å². The molecule has 20 heavy (non-hydrogen) atoms. The smallest absolute Gasteiger partial charge is 0.407 e. The van der Waals surface area contributed by atoms with Gasteiger partial charge in [0.15, 0.2) is 0 Å². The number of rotatable bonds is 5. The van der Waals surface area contributed by atoms with Crippen LogP contribution in [0.4, 0.5) is 13.6 Å². The van der Waals surface area contributed by atoms with Gasteiger partial charge in [-0.25, -0.2) is 26.7 Å². The zero-order valence-corrected chi connectivity index (χ0v) is 11.3. The first-order valence-corrected chi connectivity index (χ1v) is 7.74. The molecule has 1 aliphatic carbocycles. The number of carboxylic acid groups (broad SMARTS) is 1. The molecule has 1 heterocycles. The fourth-order valence-corrected chi connectivity index (χ4v) is 3.93. The third-order valence-corrected chi connectivity index (χ3v) is 5.54. The molecule has 0 aromatic rings. The van der Waals surface area contributed by atoms with E-state index in [4.69, 9.17) is 10.2 Å². The summed E-state index contributed by atoms with van der Waals surface area (Å²) in [5.41, 5.74) is 0. The quantitative estimate of drug-likeness (QED) is 0.652. The van der Waals surface area contributed by atoms with Crippen molar-refractivity contribution in [2.45, 2.75) is 42.5 Å². The molecule has 0 unspecified atom stereocenters. The van der Waals surface area contributed by atoms with Crippen molar-refractivity contribution in [1.29, 1.82) is 0 Å². The molecule has 2 aliphatic rings. The number of sulfonamides is 1. The van der Waals surface area contributed by atoms with E-state index in [0.717, 1.165) is 0 Å². The van der Waals surface area contributed by atoms with Crippen LogP contribution < -0.4 is 4.72 Å². The first-order chi connectivity index (χ1) is 9.20. The molecule has 1 amide bonds. The van der Waals surface area contributed by atoms with Gasteiger partial charge in [-0.3, -0.25) is 4.90 Å². The highest BCUT2D eigenvalue weighted by Crippen LogP contribution is 2.38. The molecular weight excluding hydrogens is 298 g/mol. The number of halogens is 2. The summed E-state index contributed by atoms with van der Waals surface area (Å²) < 4.78 is 53.6. The molecule has 0 bridgehead atoms. The van der Waals surface area contributed by atoms with Crippen molar-refractivity contribution in [1.82, 2.24) is 9.62 Å². The number of amides is 1. The molecule has 116 valence electrons. The minimum absolute atomic E-state index is 0.427. The van der Waals surface area contributed by atoms with E-state index in [-0.39, 0.29) is 0 Å². The summed E-state index contributed by atoms with van der Waals surface area (Å²) in [7, 11) is -3.84. The molecule has 1 aliphatic heterocycles. The third-order valence-electron chi connectivity index (χ3n) is 3.58. The second-order valence-corrected chi connectivity index (χ2v) is 7.04. The molecule has 0 radical (unpaired) electrons. The lowest BCUT2D eigenvalue weighted by atomic mass is 10.1. The van der Waals surface area contributed by atoms with Crippen LogP contribution in [-0.4, -0.2) is 66.0 Å². The predicted molar refractivity (Wildman–Crippen MR) is 64.0 cm³/mol. The van der Waals surface area contributed by atoms with E-state index in [1.807, 2.05) is 4.72 Å². The van der Waals surface area contributed by atoms with E-state index in [0.29, 0.717) is 17.7 Å². The van der Waals surface area contributed by atoms with Crippen LogP contribution in [0.15, 0.2) is 0 Å². The largest absolute Gasteiger partial charge is 0.465 e. The van der Waals surface area contributed by atoms with Gasteiger partial charge in [0.2, 0.25) is 10.0 Å². The Kier molecular flexibility index (Phi) is 3.91. The summed E-state index contributed by atoms with van der Waals surface area (Å²) in [6.07, 6.45) is -1.15. The van der Waals surface area contributed by atoms with Crippen LogP contribution in [0.5, 0.6) is 0 Å². The minimum Gasteiger partial charge on any atom is -0.465 e. The van der Waals surface area contributed by atoms with Gasteiger partial charge in [-0.1, -0.05) is 0 Å². The third kappa shape index (κ3) is 2.72. The molecule has 3 N–H and O–H groups in total. The van der Waals surface area contributed by atoms with Gasteiger partial charge < -0.3 is 10.2 Å². The maximum absolute atomic E-state index is 14.1. The summed E-state index contributed by atoms with van der Waals surface area (Å²) in [6, 6.07) is -3.52. The maximum atomic E-state index is 14.1. The number of aliphatic hydroxyl groups is 1. The number of hydrogen-bond donors (Lipinski definition) is 3. The molecule has 2 rings (SSSR count). The molecule has 0 spiro atoms. The molecular formula is C10H16F2N2O5S. The monoisotopic (exact) mass is 314 g/mol. The van der Waals surface area contributed by atoms with Crippen molar-refractivity contribution in [2.75, 3.05) is 13.2 Å². The molecule has 0 aromatic carbocycles. The summed E-state index contributed by atoms with van der Waals surface area (Å²) in [5.74, 6) is -3.55. The van der Waals surface area contributed by atoms with Crippen molar-refractivity contribution >= 4 is 16.1 Å². The highest BCUT2D eigenvalue weighted by molar-refractivity contribution is 7.90. The van der Waals surface area contributed by atoms with Crippen molar-refractivity contribution < 1.29 is 32.2 Å². The summed E-state index contributed by atoms with van der Waals surface area (Å²) >= 11 is 0. The number of hydrogen-bond acceptors (Lipinski definition) is 4. The number of likely N-dealkylation sites (tertiary alicyclic amines) is 1. The van der Waals surface area contributed by atoms with Gasteiger partial charge in [-0.2, -0.15) is 0 Å². The molecule has 1 saturated heterocycles. The van der Waals surface area contributed by atoms with Crippen molar-refractivity contribution in [3.05, 3.63) is 0 Å². The highest BCUT2D eigenvalue weighted by Gasteiger charge is 2.59. The molecule has 2 atom stereocenters. The Hall–Kier alpha value is -1.00. The normalized spacial score (nSPS) is 29.6. The van der Waals surface area contributed by atoms with E-state index in [1.165, 1.54) is 0 Å². The van der Waals surface area contributed by atoms with Gasteiger partial charge in [-0.15, -0.1) is 0 Å². The fraction of sp³-hybridized carbons (Fsp3) is 0.900. The second kappa shape index (κ2) is 5.08. The Morgan fingerprint density at radius 1 is 1.40 bits per heavy atom. The summed E-state index contributed by atoms with van der Waals surface area (Å²) in [5, 5.41) is 17.0. The molecule has 1 saturated carbocycles. The lowest BCUT2D eigenvalue weighted by molar-refractivity contribution is -0.0496. The van der Waals surface area contributed by atoms with Crippen LogP contribution >= 0.6 is 0 Å². The second-order valence-electron chi connectivity index (χ2n) is 5.05. The van der Waals surface area contributed by atoms with Gasteiger partial charge in [-0.05, 0) is 19.3 Å². The SMILES string of the molecule is O=C(O)N1C[C@@H](NS(=O)(=O)C2CC2)C(F)(F)[C@H]1CCO. The van der Waals surface area contributed by atoms with Crippen molar-refractivity contribution in [3.63, 3.8) is 0 Å². The Labute approximate surface area is 114 Å². The Morgan fingerprint density at radius 2 is 2.00 bits per heavy atom. The molecule has 0 aromatic heterocycles. The van der Waals surface area contributed by atoms with Crippen LogP contribution in [0.25, 0.3) is 0 Å². The van der Waals surface area contributed by atoms with Crippen LogP contribution in [0.2, 0.25) is 0 Å².